The van der Waals surface area contributed by atoms with Crippen LogP contribution in [0.5, 0.6) is 5.88 Å². The van der Waals surface area contributed by atoms with Crippen molar-refractivity contribution in [2.45, 2.75) is 38.8 Å². The summed E-state index contributed by atoms with van der Waals surface area (Å²) in [6.45, 7) is 4.00. The summed E-state index contributed by atoms with van der Waals surface area (Å²) in [7, 11) is 0. The van der Waals surface area contributed by atoms with Crippen LogP contribution in [0.2, 0.25) is 0 Å². The molecule has 4 N–H and O–H groups in total. The van der Waals surface area contributed by atoms with E-state index >= 15 is 0 Å². The molecule has 4 aromatic heterocycles. The Labute approximate surface area is 175 Å². The summed E-state index contributed by atoms with van der Waals surface area (Å²) in [6.07, 6.45) is 7.00. The van der Waals surface area contributed by atoms with E-state index in [1.165, 1.54) is 0 Å². The quantitative estimate of drug-likeness (QED) is 0.364. The molecule has 0 amide bonds. The maximum absolute atomic E-state index is 11.5. The van der Waals surface area contributed by atoms with Gasteiger partial charge in [-0.1, -0.05) is 6.07 Å². The predicted molar refractivity (Wildman–Crippen MR) is 112 cm³/mol. The highest BCUT2D eigenvalue weighted by molar-refractivity contribution is 5.57. The van der Waals surface area contributed by atoms with Gasteiger partial charge in [-0.2, -0.15) is 19.6 Å². The molecule has 0 radical (unpaired) electrons. The van der Waals surface area contributed by atoms with Gasteiger partial charge < -0.3 is 15.4 Å². The monoisotopic (exact) mass is 419 g/mol. The average molecular weight is 419 g/mol. The number of aromatic hydroxyl groups is 1. The molecule has 4 aromatic rings. The zero-order chi connectivity index (χ0) is 21.5. The number of aryl methyl sites for hydroxylation is 1. The summed E-state index contributed by atoms with van der Waals surface area (Å²) in [6, 6.07) is 4.02. The molecule has 31 heavy (non-hydrogen) atoms. The number of imidazole rings is 1. The van der Waals surface area contributed by atoms with E-state index in [9.17, 15) is 9.90 Å². The van der Waals surface area contributed by atoms with Crippen LogP contribution in [0.1, 0.15) is 42.8 Å². The second-order valence-electron chi connectivity index (χ2n) is 7.60. The molecule has 0 spiro atoms. The van der Waals surface area contributed by atoms with Crippen molar-refractivity contribution in [2.24, 2.45) is 4.99 Å². The molecule has 1 fully saturated rings. The fourth-order valence-electron chi connectivity index (χ4n) is 3.36. The Morgan fingerprint density at radius 3 is 2.90 bits per heavy atom. The van der Waals surface area contributed by atoms with E-state index < -0.39 is 5.69 Å². The topological polar surface area (TPSA) is 149 Å². The minimum Gasteiger partial charge on any atom is -0.493 e. The van der Waals surface area contributed by atoms with Gasteiger partial charge in [0.05, 0.1) is 24.0 Å². The van der Waals surface area contributed by atoms with Gasteiger partial charge in [0, 0.05) is 11.4 Å². The van der Waals surface area contributed by atoms with Gasteiger partial charge in [0.2, 0.25) is 11.8 Å². The Hall–Kier alpha value is -4.02. The lowest BCUT2D eigenvalue weighted by molar-refractivity contribution is 0.454. The molecular formula is C20H21N9O2. The van der Waals surface area contributed by atoms with Gasteiger partial charge in [0.1, 0.15) is 5.69 Å². The van der Waals surface area contributed by atoms with Crippen LogP contribution in [-0.2, 0) is 0 Å². The first-order valence-corrected chi connectivity index (χ1v) is 9.98. The number of anilines is 1. The molecule has 1 aliphatic carbocycles. The molecule has 4 heterocycles. The second-order valence-corrected chi connectivity index (χ2v) is 7.60. The van der Waals surface area contributed by atoms with Gasteiger partial charge in [0.15, 0.2) is 5.65 Å². The summed E-state index contributed by atoms with van der Waals surface area (Å²) < 4.78 is 1.56. The lowest BCUT2D eigenvalue weighted by Gasteiger charge is -2.15. The highest BCUT2D eigenvalue weighted by Gasteiger charge is 2.21. The van der Waals surface area contributed by atoms with Gasteiger partial charge >= 0.3 is 5.69 Å². The number of fused-ring (bicyclic) bond motifs is 1. The third-order valence-electron chi connectivity index (χ3n) is 5.06. The highest BCUT2D eigenvalue weighted by atomic mass is 16.3. The molecule has 158 valence electrons. The molecule has 1 unspecified atom stereocenters. The van der Waals surface area contributed by atoms with E-state index in [0.717, 1.165) is 24.1 Å². The Morgan fingerprint density at radius 1 is 1.35 bits per heavy atom. The molecule has 11 heteroatoms. The average Bonchev–Trinajstić information content (AvgIpc) is 3.37. The first-order chi connectivity index (χ1) is 15.0. The van der Waals surface area contributed by atoms with E-state index in [2.05, 4.69) is 40.3 Å². The van der Waals surface area contributed by atoms with Crippen LogP contribution < -0.4 is 21.8 Å². The van der Waals surface area contributed by atoms with Crippen LogP contribution in [-0.4, -0.2) is 45.7 Å². The van der Waals surface area contributed by atoms with E-state index in [4.69, 9.17) is 0 Å². The smallest absolute Gasteiger partial charge is 0.326 e. The number of rotatable bonds is 5. The van der Waals surface area contributed by atoms with E-state index in [1.54, 1.807) is 23.0 Å². The number of nitrogens with one attached hydrogen (secondary N) is 3. The minimum atomic E-state index is -0.499. The summed E-state index contributed by atoms with van der Waals surface area (Å²) in [5.74, 6) is 0.144. The third-order valence-corrected chi connectivity index (χ3v) is 5.06. The molecule has 11 nitrogen and oxygen atoms in total. The zero-order valence-corrected chi connectivity index (χ0v) is 17.0. The highest BCUT2D eigenvalue weighted by Crippen LogP contribution is 2.22. The fraction of sp³-hybridized carbons (Fsp3) is 0.300. The lowest BCUT2D eigenvalue weighted by Crippen LogP contribution is -2.25. The normalized spacial score (nSPS) is 16.2. The van der Waals surface area contributed by atoms with Gasteiger partial charge in [-0.05, 0) is 44.4 Å². The first kappa shape index (κ1) is 19.0. The SMILES string of the molecule is Cc1cccnc1C(C)Nc1nc(=NC2CC2)n2nc/c(=C\c3[nH]c(=O)[nH]c3O)c2n1. The number of hydrogen-bond acceptors (Lipinski definition) is 8. The largest absolute Gasteiger partial charge is 0.493 e. The van der Waals surface area contributed by atoms with Gasteiger partial charge in [-0.25, -0.2) is 9.79 Å². The maximum Gasteiger partial charge on any atom is 0.326 e. The Kier molecular flexibility index (Phi) is 4.50. The lowest BCUT2D eigenvalue weighted by atomic mass is 10.1. The van der Waals surface area contributed by atoms with Crippen LogP contribution in [0.15, 0.2) is 34.3 Å². The first-order valence-electron chi connectivity index (χ1n) is 9.98. The summed E-state index contributed by atoms with van der Waals surface area (Å²) in [4.78, 5) is 34.6. The number of aromatic amines is 2. The van der Waals surface area contributed by atoms with Gasteiger partial charge in [-0.15, -0.1) is 0 Å². The van der Waals surface area contributed by atoms with Crippen molar-refractivity contribution in [2.75, 3.05) is 5.32 Å². The molecule has 5 rings (SSSR count). The molecule has 0 saturated heterocycles. The van der Waals surface area contributed by atoms with Crippen LogP contribution >= 0.6 is 0 Å². The standard InChI is InChI=1S/C20H21N9O2/c1-10-4-3-7-21-15(10)11(2)23-18-26-16-12(8-14-17(30)27-20(31)25-14)9-22-29(16)19(28-18)24-13-5-6-13/h3-4,7-9,11,13,30H,5-6H2,1-2H3,(H,23,24,28)(H2,25,27,31)/b12-8+. The van der Waals surface area contributed by atoms with Crippen molar-refractivity contribution >= 4 is 17.7 Å². The van der Waals surface area contributed by atoms with Crippen molar-refractivity contribution in [1.82, 2.24) is 34.5 Å². The van der Waals surface area contributed by atoms with E-state index in [0.29, 0.717) is 22.4 Å². The predicted octanol–water partition coefficient (Wildman–Crippen LogP) is 0.334. The van der Waals surface area contributed by atoms with Crippen molar-refractivity contribution in [3.63, 3.8) is 0 Å². The van der Waals surface area contributed by atoms with Gasteiger partial charge in [-0.3, -0.25) is 9.97 Å². The number of hydrogen-bond donors (Lipinski definition) is 4. The van der Waals surface area contributed by atoms with Crippen molar-refractivity contribution in [3.05, 3.63) is 62.8 Å². The summed E-state index contributed by atoms with van der Waals surface area (Å²) in [5, 5.41) is 18.2. The number of H-pyrrole nitrogens is 2. The molecule has 0 aromatic carbocycles. The van der Waals surface area contributed by atoms with Crippen molar-refractivity contribution < 1.29 is 5.11 Å². The van der Waals surface area contributed by atoms with Gasteiger partial charge in [0.25, 0.3) is 5.62 Å². The summed E-state index contributed by atoms with van der Waals surface area (Å²) >= 11 is 0. The Balaban J connectivity index is 1.63. The second kappa shape index (κ2) is 7.35. The van der Waals surface area contributed by atoms with E-state index in [-0.39, 0.29) is 23.7 Å². The Morgan fingerprint density at radius 2 is 2.19 bits per heavy atom. The number of pyridine rings is 1. The zero-order valence-electron chi connectivity index (χ0n) is 17.0. The minimum absolute atomic E-state index is 0.127. The van der Waals surface area contributed by atoms with Crippen molar-refractivity contribution in [1.29, 1.82) is 0 Å². The fourth-order valence-corrected chi connectivity index (χ4v) is 3.36. The van der Waals surface area contributed by atoms with Crippen LogP contribution in [0.3, 0.4) is 0 Å². The molecule has 1 saturated carbocycles. The molecule has 1 atom stereocenters. The number of nitrogens with zero attached hydrogens (tertiary/aromatic N) is 6. The maximum atomic E-state index is 11.5. The summed E-state index contributed by atoms with van der Waals surface area (Å²) in [5.41, 5.74) is 2.67. The van der Waals surface area contributed by atoms with E-state index in [1.807, 2.05) is 26.0 Å². The third kappa shape index (κ3) is 3.77. The molecule has 1 aliphatic rings. The molecule has 0 bridgehead atoms. The molecule has 0 aliphatic heterocycles. The van der Waals surface area contributed by atoms with Crippen LogP contribution in [0.25, 0.3) is 11.7 Å². The van der Waals surface area contributed by atoms with Crippen LogP contribution in [0.4, 0.5) is 5.95 Å². The van der Waals surface area contributed by atoms with Crippen LogP contribution in [0, 0.1) is 6.92 Å². The number of aromatic nitrogens is 7. The van der Waals surface area contributed by atoms with Crippen molar-refractivity contribution in [3.8, 4) is 5.88 Å². The Bertz CT molecular complexity index is 1450. The molecular weight excluding hydrogens is 398 g/mol.